The van der Waals surface area contributed by atoms with Gasteiger partial charge in [-0.15, -0.1) is 0 Å². The standard InChI is InChI=1S/C13H16ClNOS/c1-9-3-4-10(7-11(9)14)13(16)12-8-17-6-5-15(12)2/h3-4,7,12H,5-6,8H2,1-2H3. The van der Waals surface area contributed by atoms with Crippen molar-refractivity contribution in [2.45, 2.75) is 13.0 Å². The first-order chi connectivity index (χ1) is 8.09. The predicted octanol–water partition coefficient (Wildman–Crippen LogP) is 2.88. The molecule has 2 rings (SSSR count). The Morgan fingerprint density at radius 2 is 2.29 bits per heavy atom. The number of aryl methyl sites for hydroxylation is 1. The monoisotopic (exact) mass is 269 g/mol. The van der Waals surface area contributed by atoms with Gasteiger partial charge in [0.05, 0.1) is 6.04 Å². The molecule has 0 bridgehead atoms. The van der Waals surface area contributed by atoms with Crippen molar-refractivity contribution in [2.24, 2.45) is 0 Å². The molecule has 1 saturated heterocycles. The van der Waals surface area contributed by atoms with Gasteiger partial charge in [0, 0.05) is 28.6 Å². The lowest BCUT2D eigenvalue weighted by atomic mass is 10.0. The van der Waals surface area contributed by atoms with E-state index in [0.29, 0.717) is 5.02 Å². The van der Waals surface area contributed by atoms with Crippen LogP contribution in [0, 0.1) is 6.92 Å². The highest BCUT2D eigenvalue weighted by molar-refractivity contribution is 7.99. The molecule has 1 aliphatic heterocycles. The summed E-state index contributed by atoms with van der Waals surface area (Å²) in [5.74, 6) is 2.16. The molecule has 0 radical (unpaired) electrons. The van der Waals surface area contributed by atoms with Crippen LogP contribution in [0.25, 0.3) is 0 Å². The Bertz CT molecular complexity index is 435. The summed E-state index contributed by atoms with van der Waals surface area (Å²) in [4.78, 5) is 14.5. The molecule has 0 amide bonds. The van der Waals surface area contributed by atoms with Crippen LogP contribution in [0.5, 0.6) is 0 Å². The molecule has 1 atom stereocenters. The Balaban J connectivity index is 2.21. The summed E-state index contributed by atoms with van der Waals surface area (Å²) in [7, 11) is 2.01. The van der Waals surface area contributed by atoms with Crippen molar-refractivity contribution in [3.8, 4) is 0 Å². The number of thioether (sulfide) groups is 1. The summed E-state index contributed by atoms with van der Waals surface area (Å²) in [6.07, 6.45) is 0. The zero-order valence-corrected chi connectivity index (χ0v) is 11.6. The highest BCUT2D eigenvalue weighted by atomic mass is 35.5. The van der Waals surface area contributed by atoms with E-state index in [0.717, 1.165) is 29.2 Å². The van der Waals surface area contributed by atoms with Crippen LogP contribution < -0.4 is 0 Å². The lowest BCUT2D eigenvalue weighted by Gasteiger charge is -2.30. The van der Waals surface area contributed by atoms with E-state index in [2.05, 4.69) is 4.90 Å². The quantitative estimate of drug-likeness (QED) is 0.770. The third kappa shape index (κ3) is 2.84. The number of carbonyl (C=O) groups excluding carboxylic acids is 1. The zero-order chi connectivity index (χ0) is 12.4. The molecule has 4 heteroatoms. The van der Waals surface area contributed by atoms with E-state index >= 15 is 0 Å². The van der Waals surface area contributed by atoms with E-state index in [-0.39, 0.29) is 11.8 Å². The average Bonchev–Trinajstić information content (AvgIpc) is 2.32. The Hall–Kier alpha value is -0.510. The van der Waals surface area contributed by atoms with Crippen LogP contribution in [0.1, 0.15) is 15.9 Å². The average molecular weight is 270 g/mol. The minimum absolute atomic E-state index is 0.00692. The molecule has 1 aliphatic rings. The maximum atomic E-state index is 12.4. The lowest BCUT2D eigenvalue weighted by molar-refractivity contribution is 0.0874. The molecule has 1 heterocycles. The van der Waals surface area contributed by atoms with E-state index in [1.54, 1.807) is 6.07 Å². The van der Waals surface area contributed by atoms with Gasteiger partial charge in [-0.05, 0) is 25.6 Å². The zero-order valence-electron chi connectivity index (χ0n) is 10.1. The molecule has 0 N–H and O–H groups in total. The largest absolute Gasteiger partial charge is 0.295 e. The maximum Gasteiger partial charge on any atom is 0.180 e. The molecular weight excluding hydrogens is 254 g/mol. The number of carbonyl (C=O) groups is 1. The Labute approximate surface area is 111 Å². The van der Waals surface area contributed by atoms with Gasteiger partial charge in [0.25, 0.3) is 0 Å². The van der Waals surface area contributed by atoms with Gasteiger partial charge in [0.2, 0.25) is 0 Å². The summed E-state index contributed by atoms with van der Waals surface area (Å²) in [5, 5.41) is 0.668. The van der Waals surface area contributed by atoms with E-state index in [9.17, 15) is 4.79 Å². The van der Waals surface area contributed by atoms with E-state index in [1.165, 1.54) is 0 Å². The number of ketones is 1. The van der Waals surface area contributed by atoms with Crippen molar-refractivity contribution in [1.29, 1.82) is 0 Å². The van der Waals surface area contributed by atoms with Crippen LogP contribution >= 0.6 is 23.4 Å². The predicted molar refractivity (Wildman–Crippen MR) is 74.3 cm³/mol. The molecule has 0 aromatic heterocycles. The van der Waals surface area contributed by atoms with Crippen LogP contribution in [-0.2, 0) is 0 Å². The van der Waals surface area contributed by atoms with Gasteiger partial charge in [-0.3, -0.25) is 9.69 Å². The lowest BCUT2D eigenvalue weighted by Crippen LogP contribution is -2.44. The van der Waals surface area contributed by atoms with Crippen LogP contribution in [0.15, 0.2) is 18.2 Å². The molecule has 1 fully saturated rings. The Morgan fingerprint density at radius 3 is 2.94 bits per heavy atom. The molecule has 0 spiro atoms. The number of hydrogen-bond donors (Lipinski definition) is 0. The smallest absolute Gasteiger partial charge is 0.180 e. The van der Waals surface area contributed by atoms with Crippen LogP contribution in [0.4, 0.5) is 0 Å². The number of rotatable bonds is 2. The fraction of sp³-hybridized carbons (Fsp3) is 0.462. The number of hydrogen-bond acceptors (Lipinski definition) is 3. The van der Waals surface area contributed by atoms with Crippen molar-refractivity contribution < 1.29 is 4.79 Å². The summed E-state index contributed by atoms with van der Waals surface area (Å²) in [6.45, 7) is 2.92. The minimum Gasteiger partial charge on any atom is -0.295 e. The maximum absolute atomic E-state index is 12.4. The van der Waals surface area contributed by atoms with Crippen LogP contribution in [-0.4, -0.2) is 41.8 Å². The first kappa shape index (κ1) is 12.9. The molecule has 92 valence electrons. The second kappa shape index (κ2) is 5.42. The van der Waals surface area contributed by atoms with Gasteiger partial charge in [0.15, 0.2) is 5.78 Å². The number of likely N-dealkylation sites (N-methyl/N-ethyl adjacent to an activating group) is 1. The number of halogens is 1. The van der Waals surface area contributed by atoms with E-state index in [1.807, 2.05) is 37.9 Å². The molecule has 1 aromatic carbocycles. The topological polar surface area (TPSA) is 20.3 Å². The van der Waals surface area contributed by atoms with Crippen molar-refractivity contribution >= 4 is 29.1 Å². The first-order valence-corrected chi connectivity index (χ1v) is 7.21. The summed E-state index contributed by atoms with van der Waals surface area (Å²) < 4.78 is 0. The van der Waals surface area contributed by atoms with E-state index < -0.39 is 0 Å². The number of benzene rings is 1. The first-order valence-electron chi connectivity index (χ1n) is 5.68. The number of Topliss-reactive ketones (excluding diaryl/α,β-unsaturated/α-hetero) is 1. The van der Waals surface area contributed by atoms with E-state index in [4.69, 9.17) is 11.6 Å². The highest BCUT2D eigenvalue weighted by Gasteiger charge is 2.27. The molecule has 2 nitrogen and oxygen atoms in total. The van der Waals surface area contributed by atoms with Crippen molar-refractivity contribution in [2.75, 3.05) is 25.1 Å². The Kier molecular flexibility index (Phi) is 4.13. The second-order valence-electron chi connectivity index (χ2n) is 4.40. The van der Waals surface area contributed by atoms with Gasteiger partial charge in [0.1, 0.15) is 0 Å². The molecule has 1 aromatic rings. The van der Waals surface area contributed by atoms with Crippen LogP contribution in [0.3, 0.4) is 0 Å². The highest BCUT2D eigenvalue weighted by Crippen LogP contribution is 2.22. The third-order valence-corrected chi connectivity index (χ3v) is 4.59. The molecule has 17 heavy (non-hydrogen) atoms. The molecule has 0 saturated carbocycles. The van der Waals surface area contributed by atoms with Crippen LogP contribution in [0.2, 0.25) is 5.02 Å². The molecule has 1 unspecified atom stereocenters. The van der Waals surface area contributed by atoms with Gasteiger partial charge < -0.3 is 0 Å². The number of nitrogens with zero attached hydrogens (tertiary/aromatic N) is 1. The minimum atomic E-state index is -0.00692. The van der Waals surface area contributed by atoms with Crippen molar-refractivity contribution in [3.05, 3.63) is 34.3 Å². The Morgan fingerprint density at radius 1 is 1.53 bits per heavy atom. The van der Waals surface area contributed by atoms with Gasteiger partial charge in [-0.1, -0.05) is 23.7 Å². The molecule has 0 aliphatic carbocycles. The van der Waals surface area contributed by atoms with Gasteiger partial charge in [-0.2, -0.15) is 11.8 Å². The summed E-state index contributed by atoms with van der Waals surface area (Å²) in [6, 6.07) is 5.56. The second-order valence-corrected chi connectivity index (χ2v) is 5.96. The fourth-order valence-electron chi connectivity index (χ4n) is 1.90. The van der Waals surface area contributed by atoms with Crippen molar-refractivity contribution in [1.82, 2.24) is 4.90 Å². The van der Waals surface area contributed by atoms with Crippen molar-refractivity contribution in [3.63, 3.8) is 0 Å². The van der Waals surface area contributed by atoms with Gasteiger partial charge in [-0.25, -0.2) is 0 Å². The van der Waals surface area contributed by atoms with Gasteiger partial charge >= 0.3 is 0 Å². The SMILES string of the molecule is Cc1ccc(C(=O)C2CSCCN2C)cc1Cl. The third-order valence-electron chi connectivity index (χ3n) is 3.16. The summed E-state index contributed by atoms with van der Waals surface area (Å²) in [5.41, 5.74) is 1.73. The summed E-state index contributed by atoms with van der Waals surface area (Å²) >= 11 is 7.90. The normalized spacial score (nSPS) is 21.5. The molecular formula is C13H16ClNOS. The fourth-order valence-corrected chi connectivity index (χ4v) is 3.29.